The van der Waals surface area contributed by atoms with E-state index in [1.54, 1.807) is 0 Å². The van der Waals surface area contributed by atoms with Gasteiger partial charge in [-0.05, 0) is 61.2 Å². The van der Waals surface area contributed by atoms with Crippen molar-refractivity contribution < 1.29 is 28.5 Å². The van der Waals surface area contributed by atoms with Crippen LogP contribution in [0.4, 0.5) is 0 Å². The maximum atomic E-state index is 11.9. The smallest absolute Gasteiger partial charge is 0.317 e. The van der Waals surface area contributed by atoms with Crippen LogP contribution >= 0.6 is 0 Å². The number of hydrogen-bond acceptors (Lipinski definition) is 6. The highest BCUT2D eigenvalue weighted by Gasteiger charge is 2.64. The molecule has 10 unspecified atom stereocenters. The minimum atomic E-state index is -0.459. The molecule has 0 aromatic carbocycles. The minimum absolute atomic E-state index is 0.271. The van der Waals surface area contributed by atoms with Crippen molar-refractivity contribution in [2.24, 2.45) is 35.5 Å². The van der Waals surface area contributed by atoms with Crippen LogP contribution in [0.15, 0.2) is 0 Å². The predicted octanol–water partition coefficient (Wildman–Crippen LogP) is 3.36. The predicted molar refractivity (Wildman–Crippen MR) is 106 cm³/mol. The summed E-state index contributed by atoms with van der Waals surface area (Å²) in [4.78, 5) is 23.8. The third kappa shape index (κ3) is 3.95. The molecule has 2 aliphatic heterocycles. The fourth-order valence-electron chi connectivity index (χ4n) is 6.47. The molecule has 6 fully saturated rings. The normalized spacial score (nSPS) is 45.8. The van der Waals surface area contributed by atoms with E-state index >= 15 is 0 Å². The quantitative estimate of drug-likeness (QED) is 0.381. The summed E-state index contributed by atoms with van der Waals surface area (Å²) in [5, 5.41) is 0. The summed E-state index contributed by atoms with van der Waals surface area (Å²) in [6.45, 7) is 8.85. The largest absolute Gasteiger partial charge is 0.465 e. The average molecular weight is 409 g/mol. The second kappa shape index (κ2) is 8.54. The van der Waals surface area contributed by atoms with Crippen molar-refractivity contribution >= 4 is 11.9 Å². The molecule has 6 aliphatic rings. The standard InChI is InChI=1S/C19H24O6.2C2H6/c20-14(22-6-10-1-8-3-12(10)18-16(8)24-18)5-15(21)23-7-11-2-9-4-13(11)19-17(9)25-19;2*1-2/h8-13,16-19H,1-7H2;2*1-2H3. The molecule has 0 amide bonds. The minimum Gasteiger partial charge on any atom is -0.465 e. The summed E-state index contributed by atoms with van der Waals surface area (Å²) >= 11 is 0. The molecule has 10 atom stereocenters. The maximum Gasteiger partial charge on any atom is 0.317 e. The molecule has 0 aromatic rings. The molecular formula is C23H36O6. The fourth-order valence-corrected chi connectivity index (χ4v) is 6.47. The molecular weight excluding hydrogens is 372 g/mol. The van der Waals surface area contributed by atoms with Gasteiger partial charge in [-0.2, -0.15) is 0 Å². The SMILES string of the molecule is CC.CC.O=C(CC(=O)OCC1CC2CC1C1OC21)OCC1CC2CC1C1OC21. The van der Waals surface area contributed by atoms with Gasteiger partial charge < -0.3 is 18.9 Å². The van der Waals surface area contributed by atoms with Crippen molar-refractivity contribution in [3.05, 3.63) is 0 Å². The van der Waals surface area contributed by atoms with Gasteiger partial charge in [-0.25, -0.2) is 0 Å². The lowest BCUT2D eigenvalue weighted by Crippen LogP contribution is -2.26. The third-order valence-electron chi connectivity index (χ3n) is 7.67. The Bertz CT molecular complexity index is 568. The Morgan fingerprint density at radius 1 is 0.690 bits per heavy atom. The molecule has 6 rings (SSSR count). The molecule has 6 nitrogen and oxygen atoms in total. The molecule has 4 bridgehead atoms. The zero-order valence-corrected chi connectivity index (χ0v) is 18.2. The number of fused-ring (bicyclic) bond motifs is 10. The molecule has 0 spiro atoms. The van der Waals surface area contributed by atoms with Crippen molar-refractivity contribution in [1.82, 2.24) is 0 Å². The molecule has 164 valence electrons. The first-order valence-electron chi connectivity index (χ1n) is 11.8. The molecule has 6 heteroatoms. The Kier molecular flexibility index (Phi) is 6.22. The topological polar surface area (TPSA) is 77.7 Å². The van der Waals surface area contributed by atoms with E-state index in [0.29, 0.717) is 73.1 Å². The summed E-state index contributed by atoms with van der Waals surface area (Å²) in [5.41, 5.74) is 0. The Morgan fingerprint density at radius 3 is 1.45 bits per heavy atom. The summed E-state index contributed by atoms with van der Waals surface area (Å²) in [6.07, 6.45) is 6.18. The van der Waals surface area contributed by atoms with E-state index in [4.69, 9.17) is 18.9 Å². The lowest BCUT2D eigenvalue weighted by atomic mass is 9.89. The summed E-state index contributed by atoms with van der Waals surface area (Å²) in [6, 6.07) is 0. The molecule has 0 N–H and O–H groups in total. The van der Waals surface area contributed by atoms with Crippen LogP contribution in [0.25, 0.3) is 0 Å². The van der Waals surface area contributed by atoms with Crippen molar-refractivity contribution in [1.29, 1.82) is 0 Å². The number of carbonyl (C=O) groups is 2. The highest BCUT2D eigenvalue weighted by Crippen LogP contribution is 2.59. The van der Waals surface area contributed by atoms with Gasteiger partial charge in [-0.1, -0.05) is 27.7 Å². The van der Waals surface area contributed by atoms with Gasteiger partial charge in [-0.3, -0.25) is 9.59 Å². The van der Waals surface area contributed by atoms with Crippen molar-refractivity contribution in [3.63, 3.8) is 0 Å². The van der Waals surface area contributed by atoms with E-state index in [9.17, 15) is 9.59 Å². The molecule has 2 heterocycles. The van der Waals surface area contributed by atoms with Crippen LogP contribution in [0.2, 0.25) is 0 Å². The molecule has 4 saturated carbocycles. The van der Waals surface area contributed by atoms with Crippen LogP contribution in [0, 0.1) is 35.5 Å². The molecule has 2 saturated heterocycles. The van der Waals surface area contributed by atoms with Crippen molar-refractivity contribution in [2.75, 3.05) is 13.2 Å². The van der Waals surface area contributed by atoms with E-state index in [-0.39, 0.29) is 6.42 Å². The van der Waals surface area contributed by atoms with Crippen LogP contribution in [0.1, 0.15) is 59.8 Å². The number of carbonyl (C=O) groups excluding carboxylic acids is 2. The first-order chi connectivity index (χ1) is 14.2. The first kappa shape index (κ1) is 21.1. The highest BCUT2D eigenvalue weighted by atomic mass is 16.6. The Balaban J connectivity index is 0.000000485. The van der Waals surface area contributed by atoms with Crippen LogP contribution < -0.4 is 0 Å². The fraction of sp³-hybridized carbons (Fsp3) is 0.913. The monoisotopic (exact) mass is 408 g/mol. The molecule has 29 heavy (non-hydrogen) atoms. The lowest BCUT2D eigenvalue weighted by molar-refractivity contribution is -0.156. The van der Waals surface area contributed by atoms with E-state index in [2.05, 4.69) is 0 Å². The second-order valence-electron chi connectivity index (χ2n) is 8.98. The van der Waals surface area contributed by atoms with Crippen molar-refractivity contribution in [2.45, 2.75) is 84.2 Å². The van der Waals surface area contributed by atoms with Crippen LogP contribution in [0.5, 0.6) is 0 Å². The zero-order chi connectivity index (χ0) is 20.7. The van der Waals surface area contributed by atoms with Gasteiger partial charge in [0.15, 0.2) is 0 Å². The zero-order valence-electron chi connectivity index (χ0n) is 18.2. The van der Waals surface area contributed by atoms with Gasteiger partial charge in [0.05, 0.1) is 37.6 Å². The third-order valence-corrected chi connectivity index (χ3v) is 7.67. The number of ether oxygens (including phenoxy) is 4. The second-order valence-corrected chi connectivity index (χ2v) is 8.98. The number of esters is 2. The van der Waals surface area contributed by atoms with E-state index in [1.807, 2.05) is 27.7 Å². The maximum absolute atomic E-state index is 11.9. The number of epoxide rings is 2. The van der Waals surface area contributed by atoms with Crippen molar-refractivity contribution in [3.8, 4) is 0 Å². The Labute approximate surface area is 174 Å². The van der Waals surface area contributed by atoms with Gasteiger partial charge in [0.1, 0.15) is 6.42 Å². The average Bonchev–Trinajstić information content (AvgIpc) is 3.59. The lowest BCUT2D eigenvalue weighted by Gasteiger charge is -2.20. The number of hydrogen-bond donors (Lipinski definition) is 0. The van der Waals surface area contributed by atoms with Gasteiger partial charge in [0, 0.05) is 0 Å². The van der Waals surface area contributed by atoms with Gasteiger partial charge in [0.25, 0.3) is 0 Å². The van der Waals surface area contributed by atoms with Crippen LogP contribution in [-0.4, -0.2) is 49.6 Å². The summed E-state index contributed by atoms with van der Waals surface area (Å²) < 4.78 is 22.0. The van der Waals surface area contributed by atoms with E-state index in [1.165, 1.54) is 12.8 Å². The van der Waals surface area contributed by atoms with Gasteiger partial charge >= 0.3 is 11.9 Å². The van der Waals surface area contributed by atoms with E-state index in [0.717, 1.165) is 12.8 Å². The summed E-state index contributed by atoms with van der Waals surface area (Å²) in [5.74, 6) is 2.35. The Hall–Kier alpha value is -1.14. The van der Waals surface area contributed by atoms with Crippen LogP contribution in [0.3, 0.4) is 0 Å². The van der Waals surface area contributed by atoms with Gasteiger partial charge in [0.2, 0.25) is 0 Å². The summed E-state index contributed by atoms with van der Waals surface area (Å²) in [7, 11) is 0. The molecule has 0 radical (unpaired) electrons. The van der Waals surface area contributed by atoms with Crippen LogP contribution in [-0.2, 0) is 28.5 Å². The van der Waals surface area contributed by atoms with E-state index < -0.39 is 11.9 Å². The first-order valence-corrected chi connectivity index (χ1v) is 11.8. The molecule has 0 aromatic heterocycles. The Morgan fingerprint density at radius 2 is 1.10 bits per heavy atom. The van der Waals surface area contributed by atoms with Gasteiger partial charge in [-0.15, -0.1) is 0 Å². The number of rotatable bonds is 6. The molecule has 4 aliphatic carbocycles. The highest BCUT2D eigenvalue weighted by molar-refractivity contribution is 5.91.